The van der Waals surface area contributed by atoms with Crippen molar-refractivity contribution >= 4 is 27.6 Å². The van der Waals surface area contributed by atoms with Crippen molar-refractivity contribution in [1.29, 1.82) is 0 Å². The van der Waals surface area contributed by atoms with Crippen LogP contribution < -0.4 is 0 Å². The van der Waals surface area contributed by atoms with Gasteiger partial charge < -0.3 is 0 Å². The fourth-order valence-corrected chi connectivity index (χ4v) is 6.40. The maximum absolute atomic E-state index is 12.9. The van der Waals surface area contributed by atoms with Crippen molar-refractivity contribution < 1.29 is 13.2 Å². The van der Waals surface area contributed by atoms with Gasteiger partial charge in [0.25, 0.3) is 0 Å². The average Bonchev–Trinajstić information content (AvgIpc) is 2.62. The number of benzene rings is 1. The Hall–Kier alpha value is -0.850. The Morgan fingerprint density at radius 3 is 2.19 bits per heavy atom. The van der Waals surface area contributed by atoms with Crippen LogP contribution in [-0.2, 0) is 14.8 Å². The maximum atomic E-state index is 12.9. The summed E-state index contributed by atoms with van der Waals surface area (Å²) in [7, 11) is -3.69. The predicted molar refractivity (Wildman–Crippen MR) is 85.8 cm³/mol. The van der Waals surface area contributed by atoms with Gasteiger partial charge in [-0.2, -0.15) is 4.31 Å². The molecular formula is C15H21NO3S2. The van der Waals surface area contributed by atoms with Gasteiger partial charge in [0.15, 0.2) is 5.78 Å². The number of aryl methyl sites for hydroxylation is 1. The number of thioether (sulfide) groups is 1. The molecule has 21 heavy (non-hydrogen) atoms. The molecule has 6 heteroatoms. The predicted octanol–water partition coefficient (Wildman–Crippen LogP) is 2.82. The zero-order valence-electron chi connectivity index (χ0n) is 13.0. The van der Waals surface area contributed by atoms with E-state index >= 15 is 0 Å². The molecule has 4 nitrogen and oxygen atoms in total. The number of ketones is 1. The molecule has 1 aromatic carbocycles. The first-order valence-corrected chi connectivity index (χ1v) is 9.05. The second-order valence-corrected chi connectivity index (χ2v) is 10.2. The van der Waals surface area contributed by atoms with Gasteiger partial charge in [0.05, 0.1) is 4.90 Å². The number of hydrogen-bond acceptors (Lipinski definition) is 4. The van der Waals surface area contributed by atoms with Gasteiger partial charge in [-0.3, -0.25) is 4.79 Å². The lowest BCUT2D eigenvalue weighted by Gasteiger charge is -2.30. The summed E-state index contributed by atoms with van der Waals surface area (Å²) in [6.45, 7) is 9.30. The summed E-state index contributed by atoms with van der Waals surface area (Å²) in [5.74, 6) is -0.145. The van der Waals surface area contributed by atoms with Crippen molar-refractivity contribution in [2.45, 2.75) is 49.1 Å². The third-order valence-corrected chi connectivity index (χ3v) is 7.38. The number of carbonyl (C=O) groups excluding carboxylic acids is 1. The smallest absolute Gasteiger partial charge is 0.244 e. The molecule has 0 N–H and O–H groups in total. The second kappa shape index (κ2) is 5.11. The van der Waals surface area contributed by atoms with Crippen LogP contribution in [0.25, 0.3) is 0 Å². The van der Waals surface area contributed by atoms with Crippen LogP contribution in [0, 0.1) is 6.92 Å². The van der Waals surface area contributed by atoms with Crippen LogP contribution in [0.3, 0.4) is 0 Å². The molecule has 0 radical (unpaired) electrons. The van der Waals surface area contributed by atoms with Crippen molar-refractivity contribution in [3.63, 3.8) is 0 Å². The van der Waals surface area contributed by atoms with E-state index in [4.69, 9.17) is 0 Å². The van der Waals surface area contributed by atoms with Crippen LogP contribution in [0.5, 0.6) is 0 Å². The first-order valence-electron chi connectivity index (χ1n) is 6.80. The van der Waals surface area contributed by atoms with Gasteiger partial charge in [0.2, 0.25) is 10.0 Å². The molecule has 2 rings (SSSR count). The highest BCUT2D eigenvalue weighted by molar-refractivity contribution is 8.04. The van der Waals surface area contributed by atoms with Gasteiger partial charge in [-0.15, -0.1) is 11.8 Å². The molecule has 0 spiro atoms. The van der Waals surface area contributed by atoms with E-state index in [1.54, 1.807) is 31.2 Å². The SMILES string of the molecule is CC(=O)C1(C)SC(C)(C)CN1S(=O)(=O)c1ccc(C)cc1. The van der Waals surface area contributed by atoms with E-state index in [2.05, 4.69) is 0 Å². The van der Waals surface area contributed by atoms with Crippen molar-refractivity contribution in [3.05, 3.63) is 29.8 Å². The monoisotopic (exact) mass is 327 g/mol. The molecule has 116 valence electrons. The number of hydrogen-bond donors (Lipinski definition) is 0. The quantitative estimate of drug-likeness (QED) is 0.856. The van der Waals surface area contributed by atoms with Crippen LogP contribution in [0.15, 0.2) is 29.2 Å². The molecule has 0 aliphatic carbocycles. The minimum Gasteiger partial charge on any atom is -0.297 e. The normalized spacial score (nSPS) is 26.0. The van der Waals surface area contributed by atoms with Gasteiger partial charge in [0, 0.05) is 11.3 Å². The lowest BCUT2D eigenvalue weighted by atomic mass is 10.2. The molecule has 0 amide bonds. The molecular weight excluding hydrogens is 306 g/mol. The van der Waals surface area contributed by atoms with E-state index in [9.17, 15) is 13.2 Å². The van der Waals surface area contributed by atoms with Crippen molar-refractivity contribution in [3.8, 4) is 0 Å². The van der Waals surface area contributed by atoms with E-state index in [1.807, 2.05) is 20.8 Å². The summed E-state index contributed by atoms with van der Waals surface area (Å²) in [5.41, 5.74) is 0.999. The molecule has 1 fully saturated rings. The van der Waals surface area contributed by atoms with Crippen LogP contribution in [0.1, 0.15) is 33.3 Å². The van der Waals surface area contributed by atoms with E-state index in [1.165, 1.54) is 23.0 Å². The van der Waals surface area contributed by atoms with E-state index < -0.39 is 14.9 Å². The maximum Gasteiger partial charge on any atom is 0.244 e. The Morgan fingerprint density at radius 1 is 1.19 bits per heavy atom. The number of rotatable bonds is 3. The summed E-state index contributed by atoms with van der Waals surface area (Å²) in [6.07, 6.45) is 0. The van der Waals surface area contributed by atoms with Gasteiger partial charge in [-0.1, -0.05) is 17.7 Å². The minimum atomic E-state index is -3.69. The largest absolute Gasteiger partial charge is 0.297 e. The molecule has 1 aliphatic heterocycles. The average molecular weight is 327 g/mol. The Bertz CT molecular complexity index is 665. The molecule has 0 aromatic heterocycles. The van der Waals surface area contributed by atoms with Crippen molar-refractivity contribution in [2.24, 2.45) is 0 Å². The number of sulfonamides is 1. The van der Waals surface area contributed by atoms with Crippen LogP contribution in [0.4, 0.5) is 0 Å². The molecule has 1 aliphatic rings. The van der Waals surface area contributed by atoms with E-state index in [-0.39, 0.29) is 15.4 Å². The van der Waals surface area contributed by atoms with Crippen molar-refractivity contribution in [1.82, 2.24) is 4.31 Å². The molecule has 1 saturated heterocycles. The standard InChI is InChI=1S/C15H21NO3S2/c1-11-6-8-13(9-7-11)21(18,19)16-10-14(3,4)20-15(16,5)12(2)17/h6-9H,10H2,1-5H3. The lowest BCUT2D eigenvalue weighted by Crippen LogP contribution is -2.48. The lowest BCUT2D eigenvalue weighted by molar-refractivity contribution is -0.121. The highest BCUT2D eigenvalue weighted by Crippen LogP contribution is 2.49. The fourth-order valence-electron chi connectivity index (χ4n) is 2.52. The molecule has 1 atom stereocenters. The molecule has 1 heterocycles. The Balaban J connectivity index is 2.52. The van der Waals surface area contributed by atoms with Gasteiger partial charge in [-0.25, -0.2) is 8.42 Å². The highest BCUT2D eigenvalue weighted by atomic mass is 32.2. The third-order valence-electron chi connectivity index (χ3n) is 3.74. The number of carbonyl (C=O) groups is 1. The second-order valence-electron chi connectivity index (χ2n) is 6.23. The van der Waals surface area contributed by atoms with Gasteiger partial charge in [-0.05, 0) is 46.8 Å². The van der Waals surface area contributed by atoms with Crippen LogP contribution >= 0.6 is 11.8 Å². The first kappa shape index (κ1) is 16.5. The van der Waals surface area contributed by atoms with E-state index in [0.29, 0.717) is 6.54 Å². The topological polar surface area (TPSA) is 54.5 Å². The molecule has 0 saturated carbocycles. The van der Waals surface area contributed by atoms with Crippen molar-refractivity contribution in [2.75, 3.05) is 6.54 Å². The van der Waals surface area contributed by atoms with Crippen LogP contribution in [0.2, 0.25) is 0 Å². The zero-order valence-corrected chi connectivity index (χ0v) is 14.6. The summed E-state index contributed by atoms with van der Waals surface area (Å²) in [6, 6.07) is 6.74. The summed E-state index contributed by atoms with van der Waals surface area (Å²) in [4.78, 5) is 11.3. The molecule has 1 unspecified atom stereocenters. The van der Waals surface area contributed by atoms with Gasteiger partial charge in [0.1, 0.15) is 4.87 Å². The minimum absolute atomic E-state index is 0.145. The van der Waals surface area contributed by atoms with E-state index in [0.717, 1.165) is 5.56 Å². The summed E-state index contributed by atoms with van der Waals surface area (Å²) < 4.78 is 26.9. The molecule has 0 bridgehead atoms. The summed E-state index contributed by atoms with van der Waals surface area (Å²) >= 11 is 1.41. The first-order chi connectivity index (χ1) is 9.49. The zero-order chi connectivity index (χ0) is 16.1. The highest BCUT2D eigenvalue weighted by Gasteiger charge is 2.55. The van der Waals surface area contributed by atoms with Crippen LogP contribution in [-0.4, -0.2) is 34.7 Å². The van der Waals surface area contributed by atoms with Gasteiger partial charge >= 0.3 is 0 Å². The number of Topliss-reactive ketones (excluding diaryl/α,β-unsaturated/α-hetero) is 1. The Labute approximate surface area is 131 Å². The Morgan fingerprint density at radius 2 is 1.71 bits per heavy atom. The fraction of sp³-hybridized carbons (Fsp3) is 0.533. The summed E-state index contributed by atoms with van der Waals surface area (Å²) in [5, 5.41) is 0. The Kier molecular flexibility index (Phi) is 4.02. The third kappa shape index (κ3) is 2.89. The number of nitrogens with zero attached hydrogens (tertiary/aromatic N) is 1. The molecule has 1 aromatic rings.